The Morgan fingerprint density at radius 2 is 1.69 bits per heavy atom. The Morgan fingerprint density at radius 3 is 2.08 bits per heavy atom. The van der Waals surface area contributed by atoms with Crippen molar-refractivity contribution in [3.63, 3.8) is 0 Å². The second-order valence-electron chi connectivity index (χ2n) is 4.14. The molecular formula is C13H26. The first kappa shape index (κ1) is 12.7. The smallest absolute Gasteiger partial charge is 0.0303 e. The maximum absolute atomic E-state index is 3.78. The number of hydrogen-bond acceptors (Lipinski definition) is 0. The van der Waals surface area contributed by atoms with E-state index in [9.17, 15) is 0 Å². The van der Waals surface area contributed by atoms with Gasteiger partial charge in [-0.25, -0.2) is 0 Å². The molecule has 0 rings (SSSR count). The van der Waals surface area contributed by atoms with Gasteiger partial charge in [0.2, 0.25) is 0 Å². The largest absolute Gasteiger partial charge is 0.103 e. The number of hydrogen-bond donors (Lipinski definition) is 0. The van der Waals surface area contributed by atoms with E-state index >= 15 is 0 Å². The molecule has 0 amide bonds. The standard InChI is InChI=1S/C13H26/c1-5-9-10-12-13(7-3,8-4)11-6-2/h5H,1,6-12H2,2-4H3. The molecule has 0 aromatic rings. The lowest BCUT2D eigenvalue weighted by Gasteiger charge is -2.31. The van der Waals surface area contributed by atoms with Crippen molar-refractivity contribution in [2.24, 2.45) is 5.41 Å². The highest BCUT2D eigenvalue weighted by Crippen LogP contribution is 2.37. The van der Waals surface area contributed by atoms with Crippen LogP contribution in [0.3, 0.4) is 0 Å². The second-order valence-corrected chi connectivity index (χ2v) is 4.14. The molecule has 0 aromatic heterocycles. The first-order valence-corrected chi connectivity index (χ1v) is 5.85. The van der Waals surface area contributed by atoms with Gasteiger partial charge in [0.15, 0.2) is 0 Å². The zero-order chi connectivity index (χ0) is 10.2. The highest BCUT2D eigenvalue weighted by atomic mass is 14.3. The van der Waals surface area contributed by atoms with Gasteiger partial charge in [-0.05, 0) is 31.1 Å². The fourth-order valence-electron chi connectivity index (χ4n) is 2.23. The summed E-state index contributed by atoms with van der Waals surface area (Å²) in [6, 6.07) is 0. The van der Waals surface area contributed by atoms with Crippen LogP contribution in [-0.4, -0.2) is 0 Å². The SMILES string of the molecule is C=CCCCC(CC)(CC)CCC. The average Bonchev–Trinajstić information content (AvgIpc) is 2.17. The normalized spacial score (nSPS) is 11.6. The van der Waals surface area contributed by atoms with Crippen molar-refractivity contribution < 1.29 is 0 Å². The van der Waals surface area contributed by atoms with Gasteiger partial charge in [0.1, 0.15) is 0 Å². The second kappa shape index (κ2) is 7.17. The van der Waals surface area contributed by atoms with Crippen molar-refractivity contribution in [3.8, 4) is 0 Å². The molecule has 0 bridgehead atoms. The van der Waals surface area contributed by atoms with E-state index in [0.29, 0.717) is 5.41 Å². The molecule has 0 saturated heterocycles. The molecular weight excluding hydrogens is 156 g/mol. The van der Waals surface area contributed by atoms with Crippen molar-refractivity contribution in [2.45, 2.75) is 65.7 Å². The van der Waals surface area contributed by atoms with E-state index < -0.39 is 0 Å². The minimum atomic E-state index is 0.637. The molecule has 13 heavy (non-hydrogen) atoms. The van der Waals surface area contributed by atoms with Crippen molar-refractivity contribution in [1.29, 1.82) is 0 Å². The highest BCUT2D eigenvalue weighted by molar-refractivity contribution is 4.78. The topological polar surface area (TPSA) is 0 Å². The summed E-state index contributed by atoms with van der Waals surface area (Å²) in [6.45, 7) is 10.8. The lowest BCUT2D eigenvalue weighted by molar-refractivity contribution is 0.211. The molecule has 0 radical (unpaired) electrons. The van der Waals surface area contributed by atoms with Crippen molar-refractivity contribution >= 4 is 0 Å². The molecule has 78 valence electrons. The third kappa shape index (κ3) is 4.50. The number of unbranched alkanes of at least 4 members (excludes halogenated alkanes) is 1. The van der Waals surface area contributed by atoms with Gasteiger partial charge in [0, 0.05) is 0 Å². The van der Waals surface area contributed by atoms with Crippen molar-refractivity contribution in [3.05, 3.63) is 12.7 Å². The molecule has 0 nitrogen and oxygen atoms in total. The highest BCUT2D eigenvalue weighted by Gasteiger charge is 2.23. The molecule has 0 aromatic carbocycles. The molecule has 0 atom stereocenters. The van der Waals surface area contributed by atoms with E-state index in [-0.39, 0.29) is 0 Å². The van der Waals surface area contributed by atoms with E-state index in [0.717, 1.165) is 0 Å². The third-order valence-corrected chi connectivity index (χ3v) is 3.40. The fourth-order valence-corrected chi connectivity index (χ4v) is 2.23. The van der Waals surface area contributed by atoms with Gasteiger partial charge >= 0.3 is 0 Å². The van der Waals surface area contributed by atoms with Crippen molar-refractivity contribution in [2.75, 3.05) is 0 Å². The summed E-state index contributed by atoms with van der Waals surface area (Å²) in [4.78, 5) is 0. The summed E-state index contributed by atoms with van der Waals surface area (Å²) in [6.07, 6.45) is 11.4. The minimum absolute atomic E-state index is 0.637. The van der Waals surface area contributed by atoms with E-state index in [2.05, 4.69) is 27.4 Å². The first-order chi connectivity index (χ1) is 6.24. The van der Waals surface area contributed by atoms with Crippen LogP contribution in [0.4, 0.5) is 0 Å². The number of rotatable bonds is 8. The lowest BCUT2D eigenvalue weighted by Crippen LogP contribution is -2.18. The summed E-state index contributed by atoms with van der Waals surface area (Å²) in [7, 11) is 0. The molecule has 0 fully saturated rings. The Hall–Kier alpha value is -0.260. The van der Waals surface area contributed by atoms with Crippen molar-refractivity contribution in [1.82, 2.24) is 0 Å². The summed E-state index contributed by atoms with van der Waals surface area (Å²) in [5.41, 5.74) is 0.637. The van der Waals surface area contributed by atoms with Gasteiger partial charge in [-0.1, -0.05) is 46.1 Å². The minimum Gasteiger partial charge on any atom is -0.103 e. The van der Waals surface area contributed by atoms with Crippen LogP contribution in [0.2, 0.25) is 0 Å². The molecule has 0 aliphatic heterocycles. The zero-order valence-corrected chi connectivity index (χ0v) is 9.73. The van der Waals surface area contributed by atoms with Crippen LogP contribution >= 0.6 is 0 Å². The zero-order valence-electron chi connectivity index (χ0n) is 9.73. The van der Waals surface area contributed by atoms with Crippen LogP contribution in [0.1, 0.15) is 65.7 Å². The maximum atomic E-state index is 3.78. The van der Waals surface area contributed by atoms with E-state index in [1.54, 1.807) is 0 Å². The van der Waals surface area contributed by atoms with Gasteiger partial charge in [0.05, 0.1) is 0 Å². The summed E-state index contributed by atoms with van der Waals surface area (Å²) < 4.78 is 0. The summed E-state index contributed by atoms with van der Waals surface area (Å²) in [5, 5.41) is 0. The lowest BCUT2D eigenvalue weighted by atomic mass is 9.74. The van der Waals surface area contributed by atoms with Gasteiger partial charge in [-0.3, -0.25) is 0 Å². The summed E-state index contributed by atoms with van der Waals surface area (Å²) >= 11 is 0. The summed E-state index contributed by atoms with van der Waals surface area (Å²) in [5.74, 6) is 0. The molecule has 0 heteroatoms. The van der Waals surface area contributed by atoms with Crippen LogP contribution in [0.5, 0.6) is 0 Å². The van der Waals surface area contributed by atoms with Crippen LogP contribution in [0.15, 0.2) is 12.7 Å². The monoisotopic (exact) mass is 182 g/mol. The Bertz CT molecular complexity index is 120. The molecule has 0 spiro atoms. The Labute approximate surface area is 84.4 Å². The quantitative estimate of drug-likeness (QED) is 0.368. The molecule has 0 heterocycles. The van der Waals surface area contributed by atoms with E-state index in [4.69, 9.17) is 0 Å². The molecule has 0 N–H and O–H groups in total. The molecule has 0 saturated carbocycles. The molecule has 0 aliphatic rings. The Balaban J connectivity index is 3.96. The van der Waals surface area contributed by atoms with Crippen LogP contribution in [0.25, 0.3) is 0 Å². The predicted molar refractivity (Wildman–Crippen MR) is 62.0 cm³/mol. The van der Waals surface area contributed by atoms with Crippen LogP contribution < -0.4 is 0 Å². The van der Waals surface area contributed by atoms with E-state index in [1.807, 2.05) is 6.08 Å². The van der Waals surface area contributed by atoms with E-state index in [1.165, 1.54) is 44.9 Å². The first-order valence-electron chi connectivity index (χ1n) is 5.85. The van der Waals surface area contributed by atoms with Crippen LogP contribution in [-0.2, 0) is 0 Å². The van der Waals surface area contributed by atoms with Gasteiger partial charge in [0.25, 0.3) is 0 Å². The van der Waals surface area contributed by atoms with Crippen LogP contribution in [0, 0.1) is 5.41 Å². The van der Waals surface area contributed by atoms with Gasteiger partial charge in [-0.15, -0.1) is 6.58 Å². The maximum Gasteiger partial charge on any atom is -0.0303 e. The predicted octanol–water partition coefficient (Wildman–Crippen LogP) is 4.95. The molecule has 0 aliphatic carbocycles. The Kier molecular flexibility index (Phi) is 7.03. The average molecular weight is 182 g/mol. The van der Waals surface area contributed by atoms with Gasteiger partial charge < -0.3 is 0 Å². The van der Waals surface area contributed by atoms with Gasteiger partial charge in [-0.2, -0.15) is 0 Å². The Morgan fingerprint density at radius 1 is 1.08 bits per heavy atom. The fraction of sp³-hybridized carbons (Fsp3) is 0.846. The molecule has 0 unspecified atom stereocenters. The number of allylic oxidation sites excluding steroid dienone is 1. The third-order valence-electron chi connectivity index (χ3n) is 3.40.